The number of hydrogen-bond donors (Lipinski definition) is 1. The second kappa shape index (κ2) is 7.41. The Hall–Kier alpha value is -2.47. The molecule has 1 N–H and O–H groups in total. The van der Waals surface area contributed by atoms with E-state index in [1.807, 2.05) is 0 Å². The van der Waals surface area contributed by atoms with Crippen LogP contribution < -0.4 is 19.1 Å². The fourth-order valence-corrected chi connectivity index (χ4v) is 4.51. The highest BCUT2D eigenvalue weighted by molar-refractivity contribution is 9.10. The van der Waals surface area contributed by atoms with Gasteiger partial charge in [0.25, 0.3) is 15.9 Å². The quantitative estimate of drug-likeness (QED) is 0.696. The Bertz CT molecular complexity index is 1060. The van der Waals surface area contributed by atoms with Gasteiger partial charge in [-0.25, -0.2) is 8.42 Å². The number of carbonyl (C=O) groups is 1. The van der Waals surface area contributed by atoms with Crippen molar-refractivity contribution < 1.29 is 35.9 Å². The number of amides is 1. The van der Waals surface area contributed by atoms with Crippen LogP contribution in [0.15, 0.2) is 45.8 Å². The van der Waals surface area contributed by atoms with Gasteiger partial charge in [-0.2, -0.15) is 0 Å². The fourth-order valence-electron chi connectivity index (χ4n) is 2.68. The first-order valence-electron chi connectivity index (χ1n) is 8.04. The van der Waals surface area contributed by atoms with Crippen LogP contribution in [0.5, 0.6) is 11.5 Å². The van der Waals surface area contributed by atoms with Crippen LogP contribution in [-0.4, -0.2) is 33.8 Å². The van der Waals surface area contributed by atoms with E-state index in [1.54, 1.807) is 6.07 Å². The normalized spacial score (nSPS) is 16.8. The van der Waals surface area contributed by atoms with Crippen molar-refractivity contribution in [2.75, 3.05) is 16.7 Å². The molecule has 1 aliphatic heterocycles. The number of nitrogens with zero attached hydrogens (tertiary/aromatic N) is 1. The van der Waals surface area contributed by atoms with Crippen molar-refractivity contribution in [3.8, 4) is 11.5 Å². The summed E-state index contributed by atoms with van der Waals surface area (Å²) in [6.45, 7) is 1.49. The number of carbonyl (C=O) groups excluding carboxylic acids is 1. The minimum absolute atomic E-state index is 0.00711. The van der Waals surface area contributed by atoms with Crippen molar-refractivity contribution in [3.63, 3.8) is 0 Å². The van der Waals surface area contributed by atoms with Crippen molar-refractivity contribution in [2.24, 2.45) is 0 Å². The van der Waals surface area contributed by atoms with Gasteiger partial charge < -0.3 is 14.4 Å². The average Bonchev–Trinajstić information content (AvgIpc) is 2.60. The zero-order chi connectivity index (χ0) is 21.6. The number of benzene rings is 2. The Kier molecular flexibility index (Phi) is 5.43. The van der Waals surface area contributed by atoms with Gasteiger partial charge >= 0.3 is 6.36 Å². The number of sulfonamides is 1. The predicted octanol–water partition coefficient (Wildman–Crippen LogP) is 3.89. The van der Waals surface area contributed by atoms with E-state index in [-0.39, 0.29) is 27.9 Å². The number of fused-ring (bicyclic) bond motifs is 1. The molecule has 1 unspecified atom stereocenters. The first-order valence-corrected chi connectivity index (χ1v) is 10.3. The van der Waals surface area contributed by atoms with E-state index in [4.69, 9.17) is 4.74 Å². The molecule has 0 spiro atoms. The number of alkyl halides is 3. The lowest BCUT2D eigenvalue weighted by Gasteiger charge is -2.31. The summed E-state index contributed by atoms with van der Waals surface area (Å²) in [7, 11) is -2.70. The molecule has 0 fully saturated rings. The van der Waals surface area contributed by atoms with E-state index in [0.29, 0.717) is 4.47 Å². The first-order chi connectivity index (χ1) is 13.4. The summed E-state index contributed by atoms with van der Waals surface area (Å²) in [6, 6.07) is 7.06. The third-order valence-corrected chi connectivity index (χ3v) is 5.81. The summed E-state index contributed by atoms with van der Waals surface area (Å²) in [4.78, 5) is 13.2. The van der Waals surface area contributed by atoms with Crippen molar-refractivity contribution in [2.45, 2.75) is 24.3 Å². The second-order valence-corrected chi connectivity index (χ2v) is 8.65. The molecule has 1 atom stereocenters. The maximum absolute atomic E-state index is 12.9. The van der Waals surface area contributed by atoms with Gasteiger partial charge in [-0.1, -0.05) is 15.9 Å². The number of nitrogens with one attached hydrogen (secondary N) is 1. The van der Waals surface area contributed by atoms with E-state index in [0.717, 1.165) is 24.3 Å². The van der Waals surface area contributed by atoms with Crippen LogP contribution in [0.25, 0.3) is 0 Å². The lowest BCUT2D eigenvalue weighted by molar-refractivity contribution is -0.274. The molecular weight excluding hydrogens is 481 g/mol. The molecule has 1 aliphatic rings. The minimum atomic E-state index is -4.85. The van der Waals surface area contributed by atoms with Gasteiger partial charge in [0.1, 0.15) is 10.6 Å². The van der Waals surface area contributed by atoms with E-state index in [1.165, 1.54) is 24.9 Å². The van der Waals surface area contributed by atoms with Gasteiger partial charge in [0.05, 0.1) is 5.69 Å². The third kappa shape index (κ3) is 4.58. The van der Waals surface area contributed by atoms with Gasteiger partial charge in [-0.05, 0) is 43.3 Å². The maximum Gasteiger partial charge on any atom is 0.573 e. The molecule has 1 heterocycles. The molecule has 7 nitrogen and oxygen atoms in total. The van der Waals surface area contributed by atoms with Crippen molar-refractivity contribution in [1.29, 1.82) is 0 Å². The SMILES string of the molecule is CC1Oc2c(cc(Br)cc2S(=O)(=O)Nc2ccc(OC(F)(F)F)cc2)N(C)C1=O. The predicted molar refractivity (Wildman–Crippen MR) is 102 cm³/mol. The molecule has 0 radical (unpaired) electrons. The summed E-state index contributed by atoms with van der Waals surface area (Å²) in [5.74, 6) is -0.836. The standard InChI is InChI=1S/C17H14BrF3N2O5S/c1-9-16(24)23(2)13-7-10(18)8-14(15(13)27-9)29(25,26)22-11-3-5-12(6-4-11)28-17(19,20)21/h3-9,22H,1-2H3. The van der Waals surface area contributed by atoms with Crippen LogP contribution in [0.4, 0.5) is 24.5 Å². The molecule has 156 valence electrons. The topological polar surface area (TPSA) is 84.9 Å². The second-order valence-electron chi connectivity index (χ2n) is 6.09. The van der Waals surface area contributed by atoms with Crippen LogP contribution >= 0.6 is 15.9 Å². The van der Waals surface area contributed by atoms with Crippen molar-refractivity contribution in [1.82, 2.24) is 0 Å². The Balaban J connectivity index is 1.95. The summed E-state index contributed by atoms with van der Waals surface area (Å²) >= 11 is 3.21. The Morgan fingerprint density at radius 2 is 1.83 bits per heavy atom. The van der Waals surface area contributed by atoms with Crippen molar-refractivity contribution in [3.05, 3.63) is 40.9 Å². The van der Waals surface area contributed by atoms with Gasteiger partial charge in [0, 0.05) is 17.2 Å². The molecule has 2 aromatic carbocycles. The molecule has 12 heteroatoms. The van der Waals surface area contributed by atoms with E-state index in [2.05, 4.69) is 25.4 Å². The first kappa shape index (κ1) is 21.2. The molecule has 0 aliphatic carbocycles. The van der Waals surface area contributed by atoms with Crippen molar-refractivity contribution >= 4 is 43.2 Å². The highest BCUT2D eigenvalue weighted by Gasteiger charge is 2.35. The molecule has 0 saturated carbocycles. The molecule has 0 aromatic heterocycles. The molecule has 3 rings (SSSR count). The van der Waals surface area contributed by atoms with E-state index >= 15 is 0 Å². The van der Waals surface area contributed by atoms with Gasteiger partial charge in [-0.3, -0.25) is 9.52 Å². The molecule has 2 aromatic rings. The average molecular weight is 495 g/mol. The number of anilines is 2. The monoisotopic (exact) mass is 494 g/mol. The van der Waals surface area contributed by atoms with Crippen LogP contribution in [0.1, 0.15) is 6.92 Å². The van der Waals surface area contributed by atoms with Crippen LogP contribution in [-0.2, 0) is 14.8 Å². The minimum Gasteiger partial charge on any atom is -0.477 e. The Morgan fingerprint density at radius 3 is 2.41 bits per heavy atom. The Morgan fingerprint density at radius 1 is 1.21 bits per heavy atom. The smallest absolute Gasteiger partial charge is 0.477 e. The molecule has 0 bridgehead atoms. The number of likely N-dealkylation sites (N-methyl/N-ethyl adjacent to an activating group) is 1. The number of ether oxygens (including phenoxy) is 2. The number of rotatable bonds is 4. The molecular formula is C17H14BrF3N2O5S. The van der Waals surface area contributed by atoms with E-state index in [9.17, 15) is 26.4 Å². The zero-order valence-corrected chi connectivity index (χ0v) is 17.4. The van der Waals surface area contributed by atoms with Gasteiger partial charge in [0.15, 0.2) is 11.9 Å². The van der Waals surface area contributed by atoms with Crippen LogP contribution in [0, 0.1) is 0 Å². The number of halogens is 4. The molecule has 0 saturated heterocycles. The molecule has 1 amide bonds. The lowest BCUT2D eigenvalue weighted by atomic mass is 10.2. The maximum atomic E-state index is 12.9. The third-order valence-electron chi connectivity index (χ3n) is 3.96. The van der Waals surface area contributed by atoms with Gasteiger partial charge in [-0.15, -0.1) is 13.2 Å². The summed E-state index contributed by atoms with van der Waals surface area (Å²) < 4.78 is 74.5. The highest BCUT2D eigenvalue weighted by Crippen LogP contribution is 2.41. The fraction of sp³-hybridized carbons (Fsp3) is 0.235. The summed E-state index contributed by atoms with van der Waals surface area (Å²) in [6.07, 6.45) is -5.74. The summed E-state index contributed by atoms with van der Waals surface area (Å²) in [5.41, 5.74) is 0.276. The van der Waals surface area contributed by atoms with E-state index < -0.39 is 28.2 Å². The Labute approximate surface area is 172 Å². The molecule has 29 heavy (non-hydrogen) atoms. The highest BCUT2D eigenvalue weighted by atomic mass is 79.9. The lowest BCUT2D eigenvalue weighted by Crippen LogP contribution is -2.42. The largest absolute Gasteiger partial charge is 0.573 e. The van der Waals surface area contributed by atoms with Gasteiger partial charge in [0.2, 0.25) is 0 Å². The summed E-state index contributed by atoms with van der Waals surface area (Å²) in [5, 5.41) is 0. The van der Waals surface area contributed by atoms with Crippen LogP contribution in [0.2, 0.25) is 0 Å². The van der Waals surface area contributed by atoms with Crippen LogP contribution in [0.3, 0.4) is 0 Å². The zero-order valence-electron chi connectivity index (χ0n) is 15.0. The number of hydrogen-bond acceptors (Lipinski definition) is 5.